The molecule has 1 saturated heterocycles. The number of ether oxygens (including phenoxy) is 1. The fourth-order valence-corrected chi connectivity index (χ4v) is 4.69. The van der Waals surface area contributed by atoms with Crippen LogP contribution in [0.3, 0.4) is 0 Å². The molecule has 0 bridgehead atoms. The summed E-state index contributed by atoms with van der Waals surface area (Å²) >= 11 is 0. The van der Waals surface area contributed by atoms with Crippen molar-refractivity contribution >= 4 is 5.91 Å². The molecule has 0 unspecified atom stereocenters. The van der Waals surface area contributed by atoms with Crippen LogP contribution in [0.5, 0.6) is 0 Å². The molecule has 1 fully saturated rings. The summed E-state index contributed by atoms with van der Waals surface area (Å²) in [5.74, 6) is 0.993. The maximum Gasteiger partial charge on any atom is 0.228 e. The molecule has 1 amide bonds. The van der Waals surface area contributed by atoms with Gasteiger partial charge in [0.2, 0.25) is 5.91 Å². The van der Waals surface area contributed by atoms with Gasteiger partial charge >= 0.3 is 0 Å². The van der Waals surface area contributed by atoms with Crippen LogP contribution >= 0.6 is 0 Å². The van der Waals surface area contributed by atoms with Crippen molar-refractivity contribution in [2.45, 2.75) is 51.0 Å². The van der Waals surface area contributed by atoms with Gasteiger partial charge in [-0.1, -0.05) is 36.4 Å². The van der Waals surface area contributed by atoms with Gasteiger partial charge in [-0.05, 0) is 62.0 Å². The van der Waals surface area contributed by atoms with E-state index >= 15 is 0 Å². The summed E-state index contributed by atoms with van der Waals surface area (Å²) < 4.78 is 5.52. The highest BCUT2D eigenvalue weighted by Crippen LogP contribution is 2.37. The van der Waals surface area contributed by atoms with E-state index in [1.54, 1.807) is 0 Å². The third-order valence-corrected chi connectivity index (χ3v) is 6.11. The standard InChI is InChI=1S/C22H29NO2/c24-22(19-13-14-25-16-19)23(15-17-7-2-1-3-8-17)21-12-6-10-18-9-4-5-11-20(18)21/h1-2,4-5,9,11,17,19,21H,3,6-8,10,12-16H2/t17-,19+,21+/m0/s1. The lowest BCUT2D eigenvalue weighted by molar-refractivity contribution is -0.139. The Bertz CT molecular complexity index is 633. The summed E-state index contributed by atoms with van der Waals surface area (Å²) in [7, 11) is 0. The number of carbonyl (C=O) groups excluding carboxylic acids is 1. The smallest absolute Gasteiger partial charge is 0.228 e. The Hall–Kier alpha value is -1.61. The van der Waals surface area contributed by atoms with Gasteiger partial charge in [0.25, 0.3) is 0 Å². The maximum absolute atomic E-state index is 13.4. The number of allylic oxidation sites excluding steroid dienone is 2. The number of rotatable bonds is 4. The number of fused-ring (bicyclic) bond motifs is 1. The number of nitrogens with zero attached hydrogens (tertiary/aromatic N) is 1. The third kappa shape index (κ3) is 3.67. The summed E-state index contributed by atoms with van der Waals surface area (Å²) in [5.41, 5.74) is 2.81. The Balaban J connectivity index is 1.60. The average Bonchev–Trinajstić information content (AvgIpc) is 3.21. The molecule has 3 aliphatic rings. The molecule has 4 rings (SSSR count). The predicted octanol–water partition coefficient (Wildman–Crippen LogP) is 4.29. The van der Waals surface area contributed by atoms with E-state index in [4.69, 9.17) is 4.74 Å². The number of aryl methyl sites for hydroxylation is 1. The molecule has 1 aromatic rings. The molecule has 0 aromatic heterocycles. The second-order valence-corrected chi connectivity index (χ2v) is 7.81. The van der Waals surface area contributed by atoms with Gasteiger partial charge in [0, 0.05) is 13.2 Å². The zero-order chi connectivity index (χ0) is 17.1. The fourth-order valence-electron chi connectivity index (χ4n) is 4.69. The Kier molecular flexibility index (Phi) is 5.21. The Morgan fingerprint density at radius 2 is 2.08 bits per heavy atom. The third-order valence-electron chi connectivity index (χ3n) is 6.11. The first-order chi connectivity index (χ1) is 12.3. The molecule has 1 heterocycles. The maximum atomic E-state index is 13.4. The van der Waals surface area contributed by atoms with E-state index in [0.29, 0.717) is 18.4 Å². The second kappa shape index (κ2) is 7.74. The Labute approximate surface area is 151 Å². The molecule has 134 valence electrons. The lowest BCUT2D eigenvalue weighted by Gasteiger charge is -2.39. The van der Waals surface area contributed by atoms with E-state index in [1.807, 2.05) is 0 Å². The highest BCUT2D eigenvalue weighted by Gasteiger charge is 2.35. The Morgan fingerprint density at radius 3 is 2.88 bits per heavy atom. The zero-order valence-corrected chi connectivity index (χ0v) is 15.0. The minimum absolute atomic E-state index is 0.0632. The highest BCUT2D eigenvalue weighted by atomic mass is 16.5. The van der Waals surface area contributed by atoms with Gasteiger partial charge in [-0.25, -0.2) is 0 Å². The molecule has 0 saturated carbocycles. The lowest BCUT2D eigenvalue weighted by atomic mass is 9.85. The molecule has 0 radical (unpaired) electrons. The number of benzene rings is 1. The topological polar surface area (TPSA) is 29.5 Å². The largest absolute Gasteiger partial charge is 0.381 e. The van der Waals surface area contributed by atoms with E-state index in [0.717, 1.165) is 45.3 Å². The van der Waals surface area contributed by atoms with Crippen LogP contribution in [0.1, 0.15) is 55.7 Å². The van der Waals surface area contributed by atoms with Gasteiger partial charge in [0.15, 0.2) is 0 Å². The van der Waals surface area contributed by atoms with Gasteiger partial charge in [-0.2, -0.15) is 0 Å². The minimum Gasteiger partial charge on any atom is -0.381 e. The lowest BCUT2D eigenvalue weighted by Crippen LogP contribution is -2.43. The molecule has 0 N–H and O–H groups in total. The summed E-state index contributed by atoms with van der Waals surface area (Å²) in [6.45, 7) is 2.24. The van der Waals surface area contributed by atoms with E-state index in [9.17, 15) is 4.79 Å². The van der Waals surface area contributed by atoms with E-state index in [-0.39, 0.29) is 12.0 Å². The monoisotopic (exact) mass is 339 g/mol. The van der Waals surface area contributed by atoms with Crippen LogP contribution in [0.2, 0.25) is 0 Å². The number of amides is 1. The fraction of sp³-hybridized carbons (Fsp3) is 0.591. The first-order valence-electron chi connectivity index (χ1n) is 9.94. The number of carbonyl (C=O) groups is 1. The second-order valence-electron chi connectivity index (χ2n) is 7.81. The van der Waals surface area contributed by atoms with Crippen molar-refractivity contribution in [1.82, 2.24) is 4.90 Å². The molecule has 1 aliphatic heterocycles. The van der Waals surface area contributed by atoms with Gasteiger partial charge in [0.05, 0.1) is 18.6 Å². The summed E-state index contributed by atoms with van der Waals surface area (Å²) in [6.07, 6.45) is 12.3. The van der Waals surface area contributed by atoms with E-state index < -0.39 is 0 Å². The molecule has 25 heavy (non-hydrogen) atoms. The van der Waals surface area contributed by atoms with E-state index in [2.05, 4.69) is 41.3 Å². The molecule has 2 aliphatic carbocycles. The van der Waals surface area contributed by atoms with Crippen molar-refractivity contribution in [2.75, 3.05) is 19.8 Å². The molecule has 1 aromatic carbocycles. The van der Waals surface area contributed by atoms with Gasteiger partial charge in [-0.3, -0.25) is 4.79 Å². The van der Waals surface area contributed by atoms with Crippen molar-refractivity contribution in [3.8, 4) is 0 Å². The van der Waals surface area contributed by atoms with Gasteiger partial charge in [-0.15, -0.1) is 0 Å². The van der Waals surface area contributed by atoms with Crippen molar-refractivity contribution in [3.05, 3.63) is 47.5 Å². The van der Waals surface area contributed by atoms with E-state index in [1.165, 1.54) is 24.0 Å². The average molecular weight is 339 g/mol. The summed E-state index contributed by atoms with van der Waals surface area (Å²) in [4.78, 5) is 15.6. The normalized spacial score (nSPS) is 28.6. The molecular formula is C22H29NO2. The van der Waals surface area contributed by atoms with Crippen LogP contribution in [0.25, 0.3) is 0 Å². The predicted molar refractivity (Wildman–Crippen MR) is 99.2 cm³/mol. The highest BCUT2D eigenvalue weighted by molar-refractivity contribution is 5.80. The van der Waals surface area contributed by atoms with Crippen LogP contribution in [0, 0.1) is 11.8 Å². The zero-order valence-electron chi connectivity index (χ0n) is 15.0. The SMILES string of the molecule is O=C([C@@H]1CCOC1)N(C[C@H]1CC=CCC1)[C@@H]1CCCc2ccccc21. The van der Waals surface area contributed by atoms with Crippen LogP contribution in [0.15, 0.2) is 36.4 Å². The van der Waals surface area contributed by atoms with Crippen molar-refractivity contribution in [3.63, 3.8) is 0 Å². The molecule has 0 spiro atoms. The molecule has 3 nitrogen and oxygen atoms in total. The van der Waals surface area contributed by atoms with Crippen LogP contribution in [0.4, 0.5) is 0 Å². The minimum atomic E-state index is 0.0632. The van der Waals surface area contributed by atoms with Gasteiger partial charge < -0.3 is 9.64 Å². The number of hydrogen-bond donors (Lipinski definition) is 0. The van der Waals surface area contributed by atoms with Crippen LogP contribution in [-0.2, 0) is 16.0 Å². The Morgan fingerprint density at radius 1 is 1.16 bits per heavy atom. The van der Waals surface area contributed by atoms with Crippen molar-refractivity contribution < 1.29 is 9.53 Å². The molecule has 3 atom stereocenters. The first kappa shape index (κ1) is 16.8. The van der Waals surface area contributed by atoms with Crippen LogP contribution in [-0.4, -0.2) is 30.6 Å². The summed E-state index contributed by atoms with van der Waals surface area (Å²) in [5, 5.41) is 0. The number of hydrogen-bond acceptors (Lipinski definition) is 2. The molecule has 3 heteroatoms. The van der Waals surface area contributed by atoms with Gasteiger partial charge in [0.1, 0.15) is 0 Å². The van der Waals surface area contributed by atoms with Crippen molar-refractivity contribution in [2.24, 2.45) is 11.8 Å². The van der Waals surface area contributed by atoms with Crippen LogP contribution < -0.4 is 0 Å². The first-order valence-corrected chi connectivity index (χ1v) is 9.94. The van der Waals surface area contributed by atoms with Crippen molar-refractivity contribution in [1.29, 1.82) is 0 Å². The quantitative estimate of drug-likeness (QED) is 0.766. The molecular weight excluding hydrogens is 310 g/mol. The summed E-state index contributed by atoms with van der Waals surface area (Å²) in [6, 6.07) is 8.99.